The van der Waals surface area contributed by atoms with Crippen LogP contribution in [0.15, 0.2) is 57.6 Å². The maximum Gasteiger partial charge on any atom is 0.449 e. The van der Waals surface area contributed by atoms with Crippen molar-refractivity contribution in [2.24, 2.45) is 20.5 Å². The molecule has 0 aliphatic heterocycles. The number of hydrogen-bond donors (Lipinski definition) is 4. The summed E-state index contributed by atoms with van der Waals surface area (Å²) < 4.78 is 85.1. The fourth-order valence-corrected chi connectivity index (χ4v) is 5.73. The number of ketones is 2. The molecule has 0 spiro atoms. The fourth-order valence-electron chi connectivity index (χ4n) is 5.73. The Balaban J connectivity index is 0. The minimum Gasteiger partial charge on any atom is -1.00 e. The van der Waals surface area contributed by atoms with Gasteiger partial charge in [0.1, 0.15) is 0 Å². The first-order chi connectivity index (χ1) is 28.5. The third-order valence-electron chi connectivity index (χ3n) is 9.00. The number of alkyl halides is 6. The molecule has 0 fully saturated rings. The number of quaternary nitrogens is 2. The SMILES string of the molecule is CCCn1ncc(N=Nc2n(CCCCC(=O)C(F)(F)F)cc[n+]2CCCCC(=O)C(F)(F)F)c1N.CCCn1ncc(N=Nc2n(CCC[NH3+])cc[n+]2CCC[NH3+])c1N.[Br-].[Br-].[Cl-].[Cl-]. The topological polar surface area (TPSA) is 244 Å². The number of rotatable bonds is 24. The summed E-state index contributed by atoms with van der Waals surface area (Å²) in [5.41, 5.74) is 20.8. The van der Waals surface area contributed by atoms with Gasteiger partial charge in [-0.15, -0.1) is 0 Å². The molecule has 0 amide bonds. The largest absolute Gasteiger partial charge is 1.00 e. The molecule has 0 bridgehead atoms. The van der Waals surface area contributed by atoms with Crippen LogP contribution in [0.2, 0.25) is 0 Å². The van der Waals surface area contributed by atoms with Crippen LogP contribution in [-0.2, 0) is 48.9 Å². The van der Waals surface area contributed by atoms with Gasteiger partial charge in [0.15, 0.2) is 23.0 Å². The normalized spacial score (nSPS) is 11.4. The van der Waals surface area contributed by atoms with Gasteiger partial charge in [-0.25, -0.2) is 27.6 Å². The highest BCUT2D eigenvalue weighted by molar-refractivity contribution is 5.84. The number of carbonyl (C=O) groups excluding carboxylic acids is 2. The summed E-state index contributed by atoms with van der Waals surface area (Å²) in [5, 5.41) is 25.5. The summed E-state index contributed by atoms with van der Waals surface area (Å²) in [6.45, 7) is 9.38. The van der Waals surface area contributed by atoms with Crippen LogP contribution in [0, 0.1) is 0 Å². The molecule has 0 saturated carbocycles. The second-order valence-electron chi connectivity index (χ2n) is 13.8. The van der Waals surface area contributed by atoms with Crippen molar-refractivity contribution in [1.29, 1.82) is 0 Å². The van der Waals surface area contributed by atoms with Crippen molar-refractivity contribution < 1.29 is 115 Å². The number of nitrogens with two attached hydrogens (primary N) is 2. The van der Waals surface area contributed by atoms with Crippen molar-refractivity contribution in [1.82, 2.24) is 28.7 Å². The van der Waals surface area contributed by atoms with E-state index in [2.05, 4.69) is 58.2 Å². The molecule has 18 nitrogen and oxygen atoms in total. The summed E-state index contributed by atoms with van der Waals surface area (Å²) in [6, 6.07) is 0. The first-order valence-electron chi connectivity index (χ1n) is 20.0. The van der Waals surface area contributed by atoms with Crippen LogP contribution in [0.4, 0.5) is 61.2 Å². The van der Waals surface area contributed by atoms with Gasteiger partial charge in [0.05, 0.1) is 76.4 Å². The van der Waals surface area contributed by atoms with Gasteiger partial charge in [0.2, 0.25) is 11.6 Å². The number of halogens is 10. The van der Waals surface area contributed by atoms with Gasteiger partial charge < -0.3 is 81.7 Å². The third kappa shape index (κ3) is 19.6. The van der Waals surface area contributed by atoms with Crippen LogP contribution in [0.1, 0.15) is 78.1 Å². The summed E-state index contributed by atoms with van der Waals surface area (Å²) in [6.07, 6.45) is 3.63. The molecule has 4 aromatic rings. The van der Waals surface area contributed by atoms with Crippen LogP contribution >= 0.6 is 0 Å². The van der Waals surface area contributed by atoms with Crippen molar-refractivity contribution in [2.75, 3.05) is 24.6 Å². The van der Waals surface area contributed by atoms with Crippen molar-refractivity contribution in [3.63, 3.8) is 0 Å². The molecule has 0 atom stereocenters. The van der Waals surface area contributed by atoms with E-state index in [9.17, 15) is 35.9 Å². The van der Waals surface area contributed by atoms with Crippen LogP contribution in [0.25, 0.3) is 0 Å². The predicted octanol–water partition coefficient (Wildman–Crippen LogP) is -7.36. The van der Waals surface area contributed by atoms with Crippen molar-refractivity contribution in [3.05, 3.63) is 37.2 Å². The first kappa shape index (κ1) is 62.1. The van der Waals surface area contributed by atoms with E-state index < -0.39 is 36.8 Å². The molecule has 10 N–H and O–H groups in total. The van der Waals surface area contributed by atoms with Gasteiger partial charge in [0.25, 0.3) is 0 Å². The molecule has 0 aromatic carbocycles. The molecule has 364 valence electrons. The van der Waals surface area contributed by atoms with Crippen LogP contribution in [-0.4, -0.2) is 65.7 Å². The molecule has 0 saturated heterocycles. The number of aryl methyl sites for hydroxylation is 6. The monoisotopic (exact) mass is 1090 g/mol. The molecular weight excluding hydrogens is 1030 g/mol. The van der Waals surface area contributed by atoms with Crippen LogP contribution in [0.5, 0.6) is 0 Å². The highest BCUT2D eigenvalue weighted by Gasteiger charge is 2.38. The molecule has 0 aliphatic carbocycles. The summed E-state index contributed by atoms with van der Waals surface area (Å²) >= 11 is 0. The van der Waals surface area contributed by atoms with Gasteiger partial charge in [-0.2, -0.15) is 36.5 Å². The van der Waals surface area contributed by atoms with Crippen molar-refractivity contribution >= 4 is 46.5 Å². The van der Waals surface area contributed by atoms with E-state index in [0.717, 1.165) is 64.4 Å². The summed E-state index contributed by atoms with van der Waals surface area (Å²) in [4.78, 5) is 22.1. The number of Topliss-reactive ketones (excluding diaryl/α,β-unsaturated/α-hetero) is 2. The van der Waals surface area contributed by atoms with Crippen molar-refractivity contribution in [3.8, 4) is 0 Å². The van der Waals surface area contributed by atoms with E-state index in [1.54, 1.807) is 37.1 Å². The van der Waals surface area contributed by atoms with Gasteiger partial charge >= 0.3 is 24.2 Å². The molecule has 64 heavy (non-hydrogen) atoms. The molecule has 4 rings (SSSR count). The van der Waals surface area contributed by atoms with E-state index >= 15 is 0 Å². The minimum absolute atomic E-state index is 0. The Hall–Kier alpha value is -3.98. The van der Waals surface area contributed by atoms with Crippen LogP contribution < -0.4 is 90.8 Å². The predicted molar refractivity (Wildman–Crippen MR) is 206 cm³/mol. The van der Waals surface area contributed by atoms with E-state index in [1.165, 1.54) is 6.20 Å². The maximum absolute atomic E-state index is 12.4. The maximum atomic E-state index is 12.4. The average molecular weight is 1090 g/mol. The highest BCUT2D eigenvalue weighted by Crippen LogP contribution is 2.26. The number of hydrogen-bond acceptors (Lipinski definition) is 10. The second kappa shape index (κ2) is 31.0. The Morgan fingerprint density at radius 1 is 0.625 bits per heavy atom. The smallest absolute Gasteiger partial charge is 0.449 e. The fraction of sp³-hybridized carbons (Fsp3) is 0.611. The molecule has 0 aliphatic rings. The summed E-state index contributed by atoms with van der Waals surface area (Å²) in [7, 11) is 0. The number of nitrogen functional groups attached to an aromatic ring is 2. The Morgan fingerprint density at radius 2 is 1.02 bits per heavy atom. The quantitative estimate of drug-likeness (QED) is 0.0230. The Kier molecular flexibility index (Phi) is 30.1. The lowest BCUT2D eigenvalue weighted by Crippen LogP contribution is -3.00. The molecular formula is C36H58Br2Cl2F6N16O2. The van der Waals surface area contributed by atoms with E-state index in [1.807, 2.05) is 19.3 Å². The van der Waals surface area contributed by atoms with Gasteiger partial charge in [-0.1, -0.05) is 24.1 Å². The Labute approximate surface area is 400 Å². The second-order valence-corrected chi connectivity index (χ2v) is 13.8. The van der Waals surface area contributed by atoms with Crippen molar-refractivity contribution in [2.45, 2.75) is 130 Å². The summed E-state index contributed by atoms with van der Waals surface area (Å²) in [5.74, 6) is -1.64. The van der Waals surface area contributed by atoms with Crippen LogP contribution in [0.3, 0.4) is 0 Å². The standard InChI is InChI=1S/C21H27F6N7O2.C15H27N9.2BrH.2ClH/c1-2-9-34-18(28)15(14-29-34)30-31-19-32(10-5-3-7-16(35)20(22,23)24)12-13-33(19)11-6-4-8-17(36)21(25,26)27;1-2-7-24-14(18)13(12-19-24)20-21-15-22(8-3-5-16)10-11-23(15)9-4-6-17;;;;/h12-14,28H,2-11H2,1H3;10-12,18H,2-9,16-17H2,1H3;4*1H. The number of unbranched alkanes of at least 4 members (excludes halogenated alkanes) is 2. The Morgan fingerprint density at radius 3 is 1.41 bits per heavy atom. The van der Waals surface area contributed by atoms with E-state index in [-0.39, 0.29) is 103 Å². The molecule has 0 radical (unpaired) electrons. The van der Waals surface area contributed by atoms with Gasteiger partial charge in [-0.3, -0.25) is 9.59 Å². The molecule has 4 aromatic heterocycles. The van der Waals surface area contributed by atoms with E-state index in [0.29, 0.717) is 29.6 Å². The van der Waals surface area contributed by atoms with Gasteiger partial charge in [-0.05, 0) is 38.5 Å². The number of imidazole rings is 2. The number of nitrogens with zero attached hydrogens (tertiary/aromatic N) is 12. The Bertz CT molecular complexity index is 1940. The number of anilines is 2. The lowest BCUT2D eigenvalue weighted by atomic mass is 10.1. The third-order valence-corrected chi connectivity index (χ3v) is 9.00. The number of aromatic nitrogens is 8. The zero-order valence-corrected chi connectivity index (χ0v) is 40.4. The lowest BCUT2D eigenvalue weighted by Gasteiger charge is -2.05. The molecule has 28 heteroatoms. The zero-order valence-electron chi connectivity index (χ0n) is 35.7. The number of azo groups is 2. The average Bonchev–Trinajstić information content (AvgIpc) is 3.97. The first-order valence-corrected chi connectivity index (χ1v) is 20.0. The highest BCUT2D eigenvalue weighted by atomic mass is 79.9. The molecule has 4 heterocycles. The number of carbonyl (C=O) groups is 2. The van der Waals surface area contributed by atoms with E-state index in [4.69, 9.17) is 11.5 Å². The zero-order chi connectivity index (χ0) is 44.3. The lowest BCUT2D eigenvalue weighted by molar-refractivity contribution is -0.686. The van der Waals surface area contributed by atoms with Gasteiger partial charge in [0, 0.05) is 49.0 Å². The molecule has 0 unspecified atom stereocenters. The minimum atomic E-state index is -4.87.